The number of carbonyl (C=O) groups is 3. The first-order valence-corrected chi connectivity index (χ1v) is 10.1. The summed E-state index contributed by atoms with van der Waals surface area (Å²) < 4.78 is 19.1. The number of halogens is 2. The third kappa shape index (κ3) is 6.58. The first-order valence-electron chi connectivity index (χ1n) is 9.35. The molecule has 0 aliphatic heterocycles. The van der Waals surface area contributed by atoms with E-state index in [4.69, 9.17) is 4.74 Å². The van der Waals surface area contributed by atoms with E-state index in [1.165, 1.54) is 30.5 Å². The molecule has 2 amide bonds. The summed E-state index contributed by atoms with van der Waals surface area (Å²) in [5.41, 5.74) is 3.34. The third-order valence-electron chi connectivity index (χ3n) is 4.06. The average molecular weight is 498 g/mol. The summed E-state index contributed by atoms with van der Waals surface area (Å²) in [6.07, 6.45) is 1.35. The van der Waals surface area contributed by atoms with Crippen LogP contribution in [0.15, 0.2) is 82.4 Å². The monoisotopic (exact) mass is 497 g/mol. The average Bonchev–Trinajstić information content (AvgIpc) is 2.78. The summed E-state index contributed by atoms with van der Waals surface area (Å²) in [5.74, 6) is -1.92. The number of ether oxygens (including phenoxy) is 1. The van der Waals surface area contributed by atoms with Gasteiger partial charge in [-0.3, -0.25) is 9.59 Å². The molecule has 9 heteroatoms. The molecule has 162 valence electrons. The van der Waals surface area contributed by atoms with Gasteiger partial charge >= 0.3 is 5.97 Å². The normalized spacial score (nSPS) is 10.6. The van der Waals surface area contributed by atoms with Crippen LogP contribution in [0.3, 0.4) is 0 Å². The maximum atomic E-state index is 13.3. The molecule has 0 heterocycles. The fourth-order valence-electron chi connectivity index (χ4n) is 2.56. The molecule has 0 radical (unpaired) electrons. The third-order valence-corrected chi connectivity index (χ3v) is 4.75. The van der Waals surface area contributed by atoms with Crippen LogP contribution in [-0.4, -0.2) is 30.5 Å². The van der Waals surface area contributed by atoms with Crippen LogP contribution in [0.1, 0.15) is 26.3 Å². The molecular weight excluding hydrogens is 481 g/mol. The smallest absolute Gasteiger partial charge is 0.343 e. The molecule has 3 rings (SSSR count). The lowest BCUT2D eigenvalue weighted by Gasteiger charge is -2.06. The van der Waals surface area contributed by atoms with Crippen LogP contribution < -0.4 is 15.5 Å². The van der Waals surface area contributed by atoms with Gasteiger partial charge in [0.25, 0.3) is 11.8 Å². The zero-order valence-electron chi connectivity index (χ0n) is 16.5. The lowest BCUT2D eigenvalue weighted by Crippen LogP contribution is -2.35. The molecule has 0 aliphatic rings. The number of nitrogens with one attached hydrogen (secondary N) is 2. The highest BCUT2D eigenvalue weighted by Gasteiger charge is 2.11. The number of amides is 2. The standard InChI is InChI=1S/C23H17BrFN3O4/c24-20-10-2-1-9-19(20)22(30)26-14-21(29)28-27-13-15-5-3-8-18(11-15)32-23(31)16-6-4-7-17(25)12-16/h1-13H,14H2,(H,26,30)(H,28,29)/b27-13-. The van der Waals surface area contributed by atoms with Crippen molar-refractivity contribution in [2.24, 2.45) is 5.10 Å². The van der Waals surface area contributed by atoms with Crippen molar-refractivity contribution in [3.05, 3.63) is 99.8 Å². The van der Waals surface area contributed by atoms with Crippen LogP contribution in [0, 0.1) is 5.82 Å². The lowest BCUT2D eigenvalue weighted by molar-refractivity contribution is -0.120. The number of rotatable bonds is 7. The van der Waals surface area contributed by atoms with E-state index in [-0.39, 0.29) is 17.9 Å². The fourth-order valence-corrected chi connectivity index (χ4v) is 3.02. The molecule has 3 aromatic rings. The summed E-state index contributed by atoms with van der Waals surface area (Å²) in [6.45, 7) is -0.261. The van der Waals surface area contributed by atoms with Gasteiger partial charge in [-0.1, -0.05) is 30.3 Å². The molecule has 0 spiro atoms. The maximum Gasteiger partial charge on any atom is 0.343 e. The predicted octanol–water partition coefficient (Wildman–Crippen LogP) is 3.69. The quantitative estimate of drug-likeness (QED) is 0.225. The summed E-state index contributed by atoms with van der Waals surface area (Å²) >= 11 is 3.28. The minimum atomic E-state index is -0.701. The maximum absolute atomic E-state index is 13.3. The summed E-state index contributed by atoms with van der Waals surface area (Å²) in [5, 5.41) is 6.32. The van der Waals surface area contributed by atoms with Gasteiger partial charge in [-0.15, -0.1) is 0 Å². The Bertz CT molecular complexity index is 1180. The second kappa shape index (κ2) is 11.0. The van der Waals surface area contributed by atoms with Gasteiger partial charge in [0.1, 0.15) is 11.6 Å². The summed E-state index contributed by atoms with van der Waals surface area (Å²) in [7, 11) is 0. The molecule has 0 saturated carbocycles. The molecule has 0 saturated heterocycles. The lowest BCUT2D eigenvalue weighted by atomic mass is 10.2. The van der Waals surface area contributed by atoms with Gasteiger partial charge in [-0.25, -0.2) is 14.6 Å². The number of hydrogen-bond acceptors (Lipinski definition) is 5. The van der Waals surface area contributed by atoms with E-state index in [1.54, 1.807) is 42.5 Å². The van der Waals surface area contributed by atoms with E-state index in [0.717, 1.165) is 6.07 Å². The van der Waals surface area contributed by atoms with Gasteiger partial charge < -0.3 is 10.1 Å². The Morgan fingerprint density at radius 1 is 1.00 bits per heavy atom. The van der Waals surface area contributed by atoms with E-state index in [2.05, 4.69) is 31.8 Å². The van der Waals surface area contributed by atoms with Crippen LogP contribution in [0.25, 0.3) is 0 Å². The van der Waals surface area contributed by atoms with E-state index < -0.39 is 23.6 Å². The number of hydrazone groups is 1. The second-order valence-corrected chi connectivity index (χ2v) is 7.28. The largest absolute Gasteiger partial charge is 0.423 e. The predicted molar refractivity (Wildman–Crippen MR) is 120 cm³/mol. The Kier molecular flexibility index (Phi) is 7.82. The topological polar surface area (TPSA) is 96.9 Å². The highest BCUT2D eigenvalue weighted by molar-refractivity contribution is 9.10. The molecule has 3 aromatic carbocycles. The number of benzene rings is 3. The molecule has 0 aromatic heterocycles. The van der Waals surface area contributed by atoms with Crippen molar-refractivity contribution in [2.45, 2.75) is 0 Å². The van der Waals surface area contributed by atoms with Crippen molar-refractivity contribution < 1.29 is 23.5 Å². The Balaban J connectivity index is 1.51. The minimum absolute atomic E-state index is 0.0842. The molecule has 7 nitrogen and oxygen atoms in total. The van der Waals surface area contributed by atoms with Gasteiger partial charge in [0, 0.05) is 4.47 Å². The van der Waals surface area contributed by atoms with E-state index in [0.29, 0.717) is 15.6 Å². The van der Waals surface area contributed by atoms with Gasteiger partial charge in [0.05, 0.1) is 23.9 Å². The summed E-state index contributed by atoms with van der Waals surface area (Å²) in [4.78, 5) is 36.1. The molecule has 0 aliphatic carbocycles. The van der Waals surface area contributed by atoms with Crippen LogP contribution >= 0.6 is 15.9 Å². The first kappa shape index (κ1) is 22.8. The number of carbonyl (C=O) groups excluding carboxylic acids is 3. The number of esters is 1. The van der Waals surface area contributed by atoms with E-state index >= 15 is 0 Å². The summed E-state index contributed by atoms with van der Waals surface area (Å²) in [6, 6.07) is 18.4. The molecule has 2 N–H and O–H groups in total. The zero-order valence-corrected chi connectivity index (χ0v) is 18.1. The van der Waals surface area contributed by atoms with Crippen molar-refractivity contribution in [1.29, 1.82) is 0 Å². The second-order valence-electron chi connectivity index (χ2n) is 6.43. The minimum Gasteiger partial charge on any atom is -0.423 e. The molecule has 32 heavy (non-hydrogen) atoms. The molecule has 0 bridgehead atoms. The van der Waals surface area contributed by atoms with Crippen molar-refractivity contribution in [3.8, 4) is 5.75 Å². The SMILES string of the molecule is O=C(CNC(=O)c1ccccc1Br)N/N=C\c1cccc(OC(=O)c2cccc(F)c2)c1. The van der Waals surface area contributed by atoms with Crippen LogP contribution in [0.2, 0.25) is 0 Å². The zero-order chi connectivity index (χ0) is 22.9. The van der Waals surface area contributed by atoms with Crippen LogP contribution in [0.4, 0.5) is 4.39 Å². The molecule has 0 atom stereocenters. The Morgan fingerprint density at radius 2 is 1.78 bits per heavy atom. The highest BCUT2D eigenvalue weighted by Crippen LogP contribution is 2.16. The molecule has 0 fully saturated rings. The molecule has 0 unspecified atom stereocenters. The van der Waals surface area contributed by atoms with Crippen molar-refractivity contribution in [2.75, 3.05) is 6.54 Å². The van der Waals surface area contributed by atoms with Gasteiger partial charge in [-0.05, 0) is 64.0 Å². The Morgan fingerprint density at radius 3 is 2.56 bits per heavy atom. The number of hydrogen-bond donors (Lipinski definition) is 2. The first-order chi connectivity index (χ1) is 15.4. The Labute approximate surface area is 191 Å². The van der Waals surface area contributed by atoms with Crippen LogP contribution in [0.5, 0.6) is 5.75 Å². The van der Waals surface area contributed by atoms with Gasteiger partial charge in [0.2, 0.25) is 0 Å². The van der Waals surface area contributed by atoms with Crippen molar-refractivity contribution in [3.63, 3.8) is 0 Å². The van der Waals surface area contributed by atoms with E-state index in [1.807, 2.05) is 0 Å². The highest BCUT2D eigenvalue weighted by atomic mass is 79.9. The van der Waals surface area contributed by atoms with Crippen LogP contribution in [-0.2, 0) is 4.79 Å². The number of nitrogens with zero attached hydrogens (tertiary/aromatic N) is 1. The van der Waals surface area contributed by atoms with Gasteiger partial charge in [0.15, 0.2) is 0 Å². The van der Waals surface area contributed by atoms with Gasteiger partial charge in [-0.2, -0.15) is 5.10 Å². The Hall–Kier alpha value is -3.85. The molecular formula is C23H17BrFN3O4. The van der Waals surface area contributed by atoms with Crippen molar-refractivity contribution >= 4 is 39.9 Å². The van der Waals surface area contributed by atoms with Crippen molar-refractivity contribution in [1.82, 2.24) is 10.7 Å². The fraction of sp³-hybridized carbons (Fsp3) is 0.0435. The van der Waals surface area contributed by atoms with E-state index in [9.17, 15) is 18.8 Å².